The molecule has 0 aromatic heterocycles. The van der Waals surface area contributed by atoms with Crippen molar-refractivity contribution in [2.75, 3.05) is 0 Å². The van der Waals surface area contributed by atoms with E-state index in [0.717, 1.165) is 6.92 Å². The van der Waals surface area contributed by atoms with Crippen LogP contribution in [-0.2, 0) is 0 Å². The lowest BCUT2D eigenvalue weighted by atomic mass is 10.2. The van der Waals surface area contributed by atoms with Crippen molar-refractivity contribution in [3.63, 3.8) is 0 Å². The Morgan fingerprint density at radius 2 is 1.75 bits per heavy atom. The van der Waals surface area contributed by atoms with Crippen LogP contribution in [0.25, 0.3) is 0 Å². The zero-order valence-electron chi connectivity index (χ0n) is 6.64. The quantitative estimate of drug-likeness (QED) is 0.520. The van der Waals surface area contributed by atoms with Crippen LogP contribution >= 0.6 is 0 Å². The summed E-state index contributed by atoms with van der Waals surface area (Å²) in [5, 5.41) is 0. The molecule has 2 heteroatoms. The molecule has 0 aliphatic carbocycles. The van der Waals surface area contributed by atoms with E-state index in [9.17, 15) is 8.78 Å². The van der Waals surface area contributed by atoms with Crippen molar-refractivity contribution in [2.24, 2.45) is 0 Å². The van der Waals surface area contributed by atoms with E-state index in [1.54, 1.807) is 24.3 Å². The Balaban J connectivity index is 2.81. The fraction of sp³-hybridized carbons (Fsp3) is 0.200. The molecule has 0 nitrogen and oxygen atoms in total. The van der Waals surface area contributed by atoms with E-state index < -0.39 is 5.92 Å². The van der Waals surface area contributed by atoms with Gasteiger partial charge in [0.05, 0.1) is 0 Å². The molecule has 1 rings (SSSR count). The summed E-state index contributed by atoms with van der Waals surface area (Å²) in [4.78, 5) is 0. The number of halogens is 2. The first-order valence-electron chi connectivity index (χ1n) is 3.54. The van der Waals surface area contributed by atoms with Gasteiger partial charge >= 0.3 is 5.92 Å². The Labute approximate surface area is 70.2 Å². The van der Waals surface area contributed by atoms with Crippen molar-refractivity contribution < 1.29 is 8.78 Å². The lowest BCUT2D eigenvalue weighted by Crippen LogP contribution is -2.04. The molecule has 0 radical (unpaired) electrons. The molecule has 0 N–H and O–H groups in total. The van der Waals surface area contributed by atoms with Gasteiger partial charge in [-0.25, -0.2) is 0 Å². The number of rotatable bonds is 0. The van der Waals surface area contributed by atoms with Gasteiger partial charge < -0.3 is 0 Å². The van der Waals surface area contributed by atoms with Gasteiger partial charge in [-0.2, -0.15) is 8.78 Å². The molecule has 0 unspecified atom stereocenters. The topological polar surface area (TPSA) is 0 Å². The van der Waals surface area contributed by atoms with E-state index in [1.807, 2.05) is 12.0 Å². The standard InChI is InChI=1S/C10H8F2/c1-10(11,12)8-7-9-5-3-2-4-6-9/h2-6H,1H3. The summed E-state index contributed by atoms with van der Waals surface area (Å²) in [7, 11) is 0. The highest BCUT2D eigenvalue weighted by molar-refractivity contribution is 5.34. The second-order valence-electron chi connectivity index (χ2n) is 2.50. The molecule has 0 aliphatic heterocycles. The van der Waals surface area contributed by atoms with Gasteiger partial charge in [0.1, 0.15) is 0 Å². The summed E-state index contributed by atoms with van der Waals surface area (Å²) in [6.45, 7) is 0.781. The van der Waals surface area contributed by atoms with Crippen LogP contribution in [0.1, 0.15) is 12.5 Å². The zero-order chi connectivity index (χ0) is 9.03. The van der Waals surface area contributed by atoms with Crippen molar-refractivity contribution in [1.29, 1.82) is 0 Å². The Morgan fingerprint density at radius 3 is 2.25 bits per heavy atom. The van der Waals surface area contributed by atoms with Gasteiger partial charge in [0.25, 0.3) is 0 Å². The van der Waals surface area contributed by atoms with Crippen LogP contribution in [0, 0.1) is 11.8 Å². The van der Waals surface area contributed by atoms with Crippen molar-refractivity contribution in [3.8, 4) is 11.8 Å². The van der Waals surface area contributed by atoms with Crippen molar-refractivity contribution in [1.82, 2.24) is 0 Å². The largest absolute Gasteiger partial charge is 0.305 e. The van der Waals surface area contributed by atoms with Crippen LogP contribution in [0.5, 0.6) is 0 Å². The molecular weight excluding hydrogens is 158 g/mol. The first kappa shape index (κ1) is 8.73. The highest BCUT2D eigenvalue weighted by atomic mass is 19.3. The fourth-order valence-electron chi connectivity index (χ4n) is 0.703. The molecule has 0 saturated carbocycles. The number of hydrogen-bond acceptors (Lipinski definition) is 0. The summed E-state index contributed by atoms with van der Waals surface area (Å²) in [6, 6.07) is 8.72. The smallest absolute Gasteiger partial charge is 0.192 e. The minimum atomic E-state index is -2.91. The highest BCUT2D eigenvalue weighted by Gasteiger charge is 2.15. The highest BCUT2D eigenvalue weighted by Crippen LogP contribution is 2.09. The van der Waals surface area contributed by atoms with Crippen LogP contribution in [0.2, 0.25) is 0 Å². The van der Waals surface area contributed by atoms with Crippen LogP contribution in [0.4, 0.5) is 8.78 Å². The third kappa shape index (κ3) is 3.16. The second kappa shape index (κ2) is 3.36. The summed E-state index contributed by atoms with van der Waals surface area (Å²) < 4.78 is 24.5. The van der Waals surface area contributed by atoms with Crippen molar-refractivity contribution in [3.05, 3.63) is 35.9 Å². The SMILES string of the molecule is CC(F)(F)C#Cc1ccccc1. The molecule has 62 valence electrons. The van der Waals surface area contributed by atoms with Crippen LogP contribution < -0.4 is 0 Å². The molecule has 1 aromatic rings. The van der Waals surface area contributed by atoms with Crippen molar-refractivity contribution >= 4 is 0 Å². The Hall–Kier alpha value is -1.36. The van der Waals surface area contributed by atoms with Crippen LogP contribution in [0.15, 0.2) is 30.3 Å². The molecule has 0 amide bonds. The minimum Gasteiger partial charge on any atom is -0.192 e. The molecule has 0 bridgehead atoms. The maximum atomic E-state index is 12.2. The zero-order valence-corrected chi connectivity index (χ0v) is 6.64. The monoisotopic (exact) mass is 166 g/mol. The van der Waals surface area contributed by atoms with E-state index in [2.05, 4.69) is 5.92 Å². The third-order valence-electron chi connectivity index (χ3n) is 1.20. The molecule has 0 aliphatic rings. The maximum Gasteiger partial charge on any atom is 0.305 e. The number of alkyl halides is 2. The molecule has 12 heavy (non-hydrogen) atoms. The molecule has 0 atom stereocenters. The van der Waals surface area contributed by atoms with E-state index in [0.29, 0.717) is 5.56 Å². The van der Waals surface area contributed by atoms with E-state index in [4.69, 9.17) is 0 Å². The van der Waals surface area contributed by atoms with Gasteiger partial charge in [-0.3, -0.25) is 0 Å². The summed E-state index contributed by atoms with van der Waals surface area (Å²) >= 11 is 0. The second-order valence-corrected chi connectivity index (χ2v) is 2.50. The molecule has 0 spiro atoms. The molecule has 1 aromatic carbocycles. The van der Waals surface area contributed by atoms with Gasteiger partial charge in [0.15, 0.2) is 0 Å². The van der Waals surface area contributed by atoms with Gasteiger partial charge in [0, 0.05) is 12.5 Å². The predicted molar refractivity (Wildman–Crippen MR) is 43.9 cm³/mol. The van der Waals surface area contributed by atoms with Gasteiger partial charge in [-0.05, 0) is 18.1 Å². The molecule has 0 heterocycles. The normalized spacial score (nSPS) is 10.2. The minimum absolute atomic E-state index is 0.610. The first-order valence-corrected chi connectivity index (χ1v) is 3.54. The molecule has 0 saturated heterocycles. The Kier molecular flexibility index (Phi) is 2.44. The maximum absolute atomic E-state index is 12.2. The summed E-state index contributed by atoms with van der Waals surface area (Å²) in [6.07, 6.45) is 0. The van der Waals surface area contributed by atoms with Gasteiger partial charge in [-0.15, -0.1) is 0 Å². The lowest BCUT2D eigenvalue weighted by molar-refractivity contribution is 0.0889. The van der Waals surface area contributed by atoms with Crippen LogP contribution in [0.3, 0.4) is 0 Å². The van der Waals surface area contributed by atoms with E-state index >= 15 is 0 Å². The summed E-state index contributed by atoms with van der Waals surface area (Å²) in [5.74, 6) is 1.33. The Bertz CT molecular complexity index is 298. The lowest BCUT2D eigenvalue weighted by Gasteiger charge is -1.96. The molecule has 0 fully saturated rings. The fourth-order valence-corrected chi connectivity index (χ4v) is 0.703. The van der Waals surface area contributed by atoms with Crippen molar-refractivity contribution in [2.45, 2.75) is 12.8 Å². The first-order chi connectivity index (χ1) is 5.58. The number of hydrogen-bond donors (Lipinski definition) is 0. The average molecular weight is 166 g/mol. The molecular formula is C10H8F2. The van der Waals surface area contributed by atoms with Crippen LogP contribution in [-0.4, -0.2) is 5.92 Å². The third-order valence-corrected chi connectivity index (χ3v) is 1.20. The van der Waals surface area contributed by atoms with Gasteiger partial charge in [-0.1, -0.05) is 24.1 Å². The van der Waals surface area contributed by atoms with E-state index in [1.165, 1.54) is 0 Å². The van der Waals surface area contributed by atoms with Gasteiger partial charge in [0.2, 0.25) is 0 Å². The number of benzene rings is 1. The van der Waals surface area contributed by atoms with E-state index in [-0.39, 0.29) is 0 Å². The predicted octanol–water partition coefficient (Wildman–Crippen LogP) is 2.69. The summed E-state index contributed by atoms with van der Waals surface area (Å²) in [5.41, 5.74) is 0.610. The Morgan fingerprint density at radius 1 is 1.17 bits per heavy atom. The average Bonchev–Trinajstić information content (AvgIpc) is 2.02.